The summed E-state index contributed by atoms with van der Waals surface area (Å²) in [6.45, 7) is 2.11. The number of nitrogens with one attached hydrogen (secondary N) is 1. The van der Waals surface area contributed by atoms with Crippen LogP contribution in [-0.4, -0.2) is 29.4 Å². The van der Waals surface area contributed by atoms with Crippen LogP contribution < -0.4 is 11.1 Å². The summed E-state index contributed by atoms with van der Waals surface area (Å²) in [7, 11) is 0. The molecule has 2 aliphatic carbocycles. The van der Waals surface area contributed by atoms with Crippen molar-refractivity contribution in [2.45, 2.75) is 70.8 Å². The van der Waals surface area contributed by atoms with Gasteiger partial charge >= 0.3 is 0 Å². The first-order chi connectivity index (χ1) is 14.1. The molecular weight excluding hydrogens is 387 g/mol. The zero-order chi connectivity index (χ0) is 21.9. The molecule has 3 N–H and O–H groups in total. The van der Waals surface area contributed by atoms with Gasteiger partial charge in [-0.1, -0.05) is 26.2 Å². The van der Waals surface area contributed by atoms with E-state index in [4.69, 9.17) is 5.73 Å². The Kier molecular flexibility index (Phi) is 6.38. The number of rotatable bonds is 9. The first-order valence-corrected chi connectivity index (χ1v) is 10.6. The molecule has 2 fully saturated rings. The normalized spacial score (nSPS) is 20.1. The number of carbonyl (C=O) groups excluding carboxylic acids is 4. The van der Waals surface area contributed by atoms with Gasteiger partial charge in [0.15, 0.2) is 5.78 Å². The van der Waals surface area contributed by atoms with Crippen molar-refractivity contribution in [2.75, 3.05) is 0 Å². The summed E-state index contributed by atoms with van der Waals surface area (Å²) in [5.74, 6) is -2.88. The summed E-state index contributed by atoms with van der Waals surface area (Å²) in [5.41, 5.74) is 4.36. The lowest BCUT2D eigenvalue weighted by Gasteiger charge is -2.40. The minimum Gasteiger partial charge on any atom is -0.363 e. The Balaban J connectivity index is 1.78. The standard InChI is InChI=1S/C23H29FN2O4/c1-22(9-2-3-10-22)13-17(26-21(30)15-5-7-16(24)8-6-15)18(27)14-23(11-4-12-23)19(28)20(25)29/h5-8,17H,2-4,9-14H2,1H3,(H2,25,29)(H,26,30)/t17-/m0/s1. The van der Waals surface area contributed by atoms with Crippen molar-refractivity contribution >= 4 is 23.4 Å². The molecule has 3 rings (SSSR count). The first kappa shape index (κ1) is 22.1. The van der Waals surface area contributed by atoms with Crippen LogP contribution in [0.3, 0.4) is 0 Å². The van der Waals surface area contributed by atoms with E-state index in [0.717, 1.165) is 32.1 Å². The topological polar surface area (TPSA) is 106 Å². The molecule has 1 aromatic rings. The van der Waals surface area contributed by atoms with Gasteiger partial charge in [-0.15, -0.1) is 0 Å². The highest BCUT2D eigenvalue weighted by molar-refractivity contribution is 6.38. The molecular formula is C23H29FN2O4. The van der Waals surface area contributed by atoms with Crippen molar-refractivity contribution in [2.24, 2.45) is 16.6 Å². The van der Waals surface area contributed by atoms with Crippen LogP contribution in [0, 0.1) is 16.6 Å². The lowest BCUT2D eigenvalue weighted by molar-refractivity contribution is -0.148. The highest BCUT2D eigenvalue weighted by Gasteiger charge is 2.49. The fraction of sp³-hybridized carbons (Fsp3) is 0.565. The maximum absolute atomic E-state index is 13.3. The monoisotopic (exact) mass is 416 g/mol. The molecule has 2 saturated carbocycles. The third-order valence-corrected chi connectivity index (χ3v) is 6.84. The number of Topliss-reactive ketones (excluding diaryl/α,β-unsaturated/α-hetero) is 2. The van der Waals surface area contributed by atoms with E-state index in [1.54, 1.807) is 0 Å². The fourth-order valence-electron chi connectivity index (χ4n) is 4.82. The number of carbonyl (C=O) groups is 4. The molecule has 7 heteroatoms. The molecule has 2 amide bonds. The SMILES string of the molecule is CC1(C[C@H](NC(=O)c2ccc(F)cc2)C(=O)CC2(C(=O)C(N)=O)CCC2)CCCC1. The molecule has 0 radical (unpaired) electrons. The van der Waals surface area contributed by atoms with Gasteiger partial charge in [-0.2, -0.15) is 0 Å². The first-order valence-electron chi connectivity index (χ1n) is 10.6. The number of amides is 2. The zero-order valence-corrected chi connectivity index (χ0v) is 17.3. The fourth-order valence-corrected chi connectivity index (χ4v) is 4.82. The Hall–Kier alpha value is -2.57. The van der Waals surface area contributed by atoms with E-state index in [1.165, 1.54) is 24.3 Å². The van der Waals surface area contributed by atoms with Crippen LogP contribution in [0.25, 0.3) is 0 Å². The number of ketones is 2. The van der Waals surface area contributed by atoms with Crippen molar-refractivity contribution in [1.82, 2.24) is 5.32 Å². The second-order valence-corrected chi connectivity index (χ2v) is 9.23. The van der Waals surface area contributed by atoms with Crippen LogP contribution in [0.5, 0.6) is 0 Å². The van der Waals surface area contributed by atoms with Crippen LogP contribution in [0.2, 0.25) is 0 Å². The van der Waals surface area contributed by atoms with Gasteiger partial charge in [-0.3, -0.25) is 19.2 Å². The van der Waals surface area contributed by atoms with Crippen LogP contribution in [-0.2, 0) is 14.4 Å². The van der Waals surface area contributed by atoms with Crippen LogP contribution in [0.15, 0.2) is 24.3 Å². The average Bonchev–Trinajstić information content (AvgIpc) is 3.10. The highest BCUT2D eigenvalue weighted by Crippen LogP contribution is 2.46. The molecule has 1 atom stereocenters. The van der Waals surface area contributed by atoms with Gasteiger partial charge in [0.2, 0.25) is 5.78 Å². The number of benzene rings is 1. The van der Waals surface area contributed by atoms with Crippen molar-refractivity contribution in [3.8, 4) is 0 Å². The quantitative estimate of drug-likeness (QED) is 0.603. The summed E-state index contributed by atoms with van der Waals surface area (Å²) < 4.78 is 13.2. The molecule has 0 spiro atoms. The third kappa shape index (κ3) is 4.77. The molecule has 1 aromatic carbocycles. The minimum absolute atomic E-state index is 0.0725. The Morgan fingerprint density at radius 3 is 2.13 bits per heavy atom. The molecule has 0 heterocycles. The number of primary amides is 1. The van der Waals surface area contributed by atoms with Gasteiger partial charge in [0.1, 0.15) is 5.82 Å². The van der Waals surface area contributed by atoms with E-state index < -0.39 is 34.9 Å². The van der Waals surface area contributed by atoms with Crippen molar-refractivity contribution < 1.29 is 23.6 Å². The minimum atomic E-state index is -1.03. The number of halogens is 1. The van der Waals surface area contributed by atoms with E-state index in [9.17, 15) is 23.6 Å². The molecule has 0 unspecified atom stereocenters. The van der Waals surface area contributed by atoms with Gasteiger partial charge in [0.25, 0.3) is 11.8 Å². The predicted octanol–water partition coefficient (Wildman–Crippen LogP) is 3.08. The van der Waals surface area contributed by atoms with E-state index in [0.29, 0.717) is 19.3 Å². The van der Waals surface area contributed by atoms with E-state index in [1.807, 2.05) is 0 Å². The summed E-state index contributed by atoms with van der Waals surface area (Å²) in [5, 5.41) is 2.81. The molecule has 0 saturated heterocycles. The van der Waals surface area contributed by atoms with Gasteiger partial charge < -0.3 is 11.1 Å². The molecule has 30 heavy (non-hydrogen) atoms. The molecule has 162 valence electrons. The van der Waals surface area contributed by atoms with Crippen LogP contribution in [0.4, 0.5) is 4.39 Å². The second-order valence-electron chi connectivity index (χ2n) is 9.23. The lowest BCUT2D eigenvalue weighted by atomic mass is 9.62. The largest absolute Gasteiger partial charge is 0.363 e. The third-order valence-electron chi connectivity index (χ3n) is 6.84. The maximum atomic E-state index is 13.3. The Morgan fingerprint density at radius 1 is 1.03 bits per heavy atom. The Labute approximate surface area is 175 Å². The highest BCUT2D eigenvalue weighted by atomic mass is 19.1. The number of hydrogen-bond acceptors (Lipinski definition) is 4. The molecule has 6 nitrogen and oxygen atoms in total. The molecule has 0 aromatic heterocycles. The van der Waals surface area contributed by atoms with E-state index in [2.05, 4.69) is 12.2 Å². The summed E-state index contributed by atoms with van der Waals surface area (Å²) >= 11 is 0. The van der Waals surface area contributed by atoms with E-state index in [-0.39, 0.29) is 23.2 Å². The van der Waals surface area contributed by atoms with Gasteiger partial charge in [0, 0.05) is 17.4 Å². The summed E-state index contributed by atoms with van der Waals surface area (Å²) in [6.07, 6.45) is 6.13. The van der Waals surface area contributed by atoms with Gasteiger partial charge in [0.05, 0.1) is 6.04 Å². The second kappa shape index (κ2) is 8.66. The summed E-state index contributed by atoms with van der Waals surface area (Å²) in [4.78, 5) is 49.8. The van der Waals surface area contributed by atoms with Crippen molar-refractivity contribution in [3.63, 3.8) is 0 Å². The van der Waals surface area contributed by atoms with Gasteiger partial charge in [-0.05, 0) is 61.8 Å². The van der Waals surface area contributed by atoms with Crippen molar-refractivity contribution in [3.05, 3.63) is 35.6 Å². The van der Waals surface area contributed by atoms with E-state index >= 15 is 0 Å². The van der Waals surface area contributed by atoms with Gasteiger partial charge in [-0.25, -0.2) is 4.39 Å². The average molecular weight is 416 g/mol. The van der Waals surface area contributed by atoms with Crippen LogP contribution in [0.1, 0.15) is 75.1 Å². The zero-order valence-electron chi connectivity index (χ0n) is 17.3. The number of nitrogens with two attached hydrogens (primary N) is 1. The van der Waals surface area contributed by atoms with Crippen molar-refractivity contribution in [1.29, 1.82) is 0 Å². The maximum Gasteiger partial charge on any atom is 0.285 e. The molecule has 0 bridgehead atoms. The Bertz CT molecular complexity index is 839. The lowest BCUT2D eigenvalue weighted by Crippen LogP contribution is -2.50. The smallest absolute Gasteiger partial charge is 0.285 e. The number of hydrogen-bond donors (Lipinski definition) is 2. The Morgan fingerprint density at radius 2 is 1.63 bits per heavy atom. The van der Waals surface area contributed by atoms with Crippen LogP contribution >= 0.6 is 0 Å². The molecule has 0 aliphatic heterocycles. The summed E-state index contributed by atoms with van der Waals surface area (Å²) in [6, 6.07) is 4.35. The molecule has 2 aliphatic rings. The predicted molar refractivity (Wildman–Crippen MR) is 109 cm³/mol.